The normalized spacial score (nSPS) is 14.0. The van der Waals surface area contributed by atoms with Crippen LogP contribution in [0.15, 0.2) is 39.9 Å². The second-order valence-corrected chi connectivity index (χ2v) is 7.66. The number of halogens is 1. The lowest BCUT2D eigenvalue weighted by molar-refractivity contribution is -0.132. The lowest BCUT2D eigenvalue weighted by atomic mass is 10.1. The Bertz CT molecular complexity index is 966. The van der Waals surface area contributed by atoms with E-state index in [9.17, 15) is 4.79 Å². The van der Waals surface area contributed by atoms with E-state index >= 15 is 0 Å². The average molecular weight is 492 g/mol. The quantitative estimate of drug-likeness (QED) is 0.449. The number of hydrogen-bond acceptors (Lipinski definition) is 7. The van der Waals surface area contributed by atoms with Crippen molar-refractivity contribution in [1.29, 1.82) is 0 Å². The van der Waals surface area contributed by atoms with Gasteiger partial charge in [0.15, 0.2) is 17.6 Å². The molecule has 1 aliphatic rings. The molecule has 2 aromatic carbocycles. The maximum Gasteiger partial charge on any atom is 0.273 e. The summed E-state index contributed by atoms with van der Waals surface area (Å²) in [6.07, 6.45) is 0.721. The number of amides is 1. The number of anilines is 1. The van der Waals surface area contributed by atoms with Crippen LogP contribution in [-0.2, 0) is 9.53 Å². The van der Waals surface area contributed by atoms with E-state index in [2.05, 4.69) is 31.4 Å². The highest BCUT2D eigenvalue weighted by Crippen LogP contribution is 2.36. The van der Waals surface area contributed by atoms with Crippen LogP contribution in [0.5, 0.6) is 17.2 Å². The van der Waals surface area contributed by atoms with Gasteiger partial charge in [0, 0.05) is 13.7 Å². The fourth-order valence-corrected chi connectivity index (χ4v) is 3.89. The standard InChI is InChI=1S/C22H26BrN3O5/c1-5-30-20(15-6-7-17-18(12-15)31-9-8-26(17)2)22(27)25-24-13-14-10-16(23)21(29-4)19(11-14)28-3/h6-7,10-13,20H,5,8-9H2,1-4H3,(H,25,27)/b24-13+. The third-order valence-electron chi connectivity index (χ3n) is 4.80. The van der Waals surface area contributed by atoms with E-state index in [1.165, 1.54) is 6.21 Å². The number of ether oxygens (including phenoxy) is 4. The maximum absolute atomic E-state index is 12.8. The number of methoxy groups -OCH3 is 2. The highest BCUT2D eigenvalue weighted by atomic mass is 79.9. The lowest BCUT2D eigenvalue weighted by Crippen LogP contribution is -2.30. The van der Waals surface area contributed by atoms with Crippen molar-refractivity contribution in [3.63, 3.8) is 0 Å². The average Bonchev–Trinajstić information content (AvgIpc) is 2.76. The number of nitrogens with one attached hydrogen (secondary N) is 1. The highest BCUT2D eigenvalue weighted by Gasteiger charge is 2.24. The summed E-state index contributed by atoms with van der Waals surface area (Å²) in [6, 6.07) is 9.23. The summed E-state index contributed by atoms with van der Waals surface area (Å²) in [5.41, 5.74) is 4.98. The number of benzene rings is 2. The van der Waals surface area contributed by atoms with Gasteiger partial charge in [0.2, 0.25) is 0 Å². The van der Waals surface area contributed by atoms with Crippen molar-refractivity contribution < 1.29 is 23.7 Å². The van der Waals surface area contributed by atoms with Gasteiger partial charge >= 0.3 is 0 Å². The van der Waals surface area contributed by atoms with Gasteiger partial charge in [-0.25, -0.2) is 5.43 Å². The summed E-state index contributed by atoms with van der Waals surface area (Å²) in [7, 11) is 5.13. The Hall–Kier alpha value is -2.78. The van der Waals surface area contributed by atoms with Crippen molar-refractivity contribution >= 4 is 33.7 Å². The number of likely N-dealkylation sites (N-methyl/N-ethyl adjacent to an activating group) is 1. The lowest BCUT2D eigenvalue weighted by Gasteiger charge is -2.28. The Labute approximate surface area is 190 Å². The van der Waals surface area contributed by atoms with Gasteiger partial charge in [0.1, 0.15) is 12.4 Å². The zero-order valence-corrected chi connectivity index (χ0v) is 19.6. The molecule has 3 rings (SSSR count). The van der Waals surface area contributed by atoms with Crippen molar-refractivity contribution in [3.8, 4) is 17.2 Å². The maximum atomic E-state index is 12.8. The predicted octanol–water partition coefficient (Wildman–Crippen LogP) is 3.52. The fourth-order valence-electron chi connectivity index (χ4n) is 3.27. The van der Waals surface area contributed by atoms with E-state index in [-0.39, 0.29) is 5.91 Å². The molecule has 0 radical (unpaired) electrons. The van der Waals surface area contributed by atoms with Crippen LogP contribution in [0.25, 0.3) is 0 Å². The van der Waals surface area contributed by atoms with E-state index < -0.39 is 6.10 Å². The zero-order valence-electron chi connectivity index (χ0n) is 18.0. The minimum atomic E-state index is -0.805. The number of nitrogens with zero attached hydrogens (tertiary/aromatic N) is 2. The number of rotatable bonds is 8. The Morgan fingerprint density at radius 2 is 2.13 bits per heavy atom. The molecule has 1 N–H and O–H groups in total. The summed E-state index contributed by atoms with van der Waals surface area (Å²) >= 11 is 3.44. The van der Waals surface area contributed by atoms with Gasteiger partial charge in [0.25, 0.3) is 5.91 Å². The van der Waals surface area contributed by atoms with Crippen molar-refractivity contribution in [2.24, 2.45) is 5.10 Å². The van der Waals surface area contributed by atoms with Gasteiger partial charge < -0.3 is 23.8 Å². The van der Waals surface area contributed by atoms with Crippen LogP contribution in [0.1, 0.15) is 24.2 Å². The van der Waals surface area contributed by atoms with E-state index in [4.69, 9.17) is 18.9 Å². The van der Waals surface area contributed by atoms with Crippen LogP contribution in [-0.4, -0.2) is 53.1 Å². The molecule has 166 valence electrons. The van der Waals surface area contributed by atoms with E-state index in [1.54, 1.807) is 20.3 Å². The molecule has 8 nitrogen and oxygen atoms in total. The molecule has 0 fully saturated rings. The summed E-state index contributed by atoms with van der Waals surface area (Å²) < 4.78 is 22.8. The molecule has 0 spiro atoms. The predicted molar refractivity (Wildman–Crippen MR) is 123 cm³/mol. The zero-order chi connectivity index (χ0) is 22.4. The van der Waals surface area contributed by atoms with Gasteiger partial charge in [-0.2, -0.15) is 5.10 Å². The summed E-state index contributed by atoms with van der Waals surface area (Å²) in [5.74, 6) is 1.50. The molecule has 0 aliphatic carbocycles. The Morgan fingerprint density at radius 1 is 1.32 bits per heavy atom. The number of carbonyl (C=O) groups is 1. The van der Waals surface area contributed by atoms with Crippen LogP contribution in [0, 0.1) is 0 Å². The van der Waals surface area contributed by atoms with E-state index in [0.717, 1.165) is 23.5 Å². The highest BCUT2D eigenvalue weighted by molar-refractivity contribution is 9.10. The first kappa shape index (κ1) is 22.9. The van der Waals surface area contributed by atoms with Crippen LogP contribution >= 0.6 is 15.9 Å². The molecule has 1 atom stereocenters. The second kappa shape index (κ2) is 10.5. The van der Waals surface area contributed by atoms with Crippen molar-refractivity contribution in [3.05, 3.63) is 45.9 Å². The number of fused-ring (bicyclic) bond motifs is 1. The first-order valence-electron chi connectivity index (χ1n) is 9.82. The molecule has 9 heteroatoms. The molecule has 1 unspecified atom stereocenters. The molecule has 0 aromatic heterocycles. The van der Waals surface area contributed by atoms with Crippen LogP contribution in [0.3, 0.4) is 0 Å². The molecule has 0 saturated carbocycles. The minimum Gasteiger partial charge on any atom is -0.493 e. The molecular formula is C22H26BrN3O5. The second-order valence-electron chi connectivity index (χ2n) is 6.81. The third-order valence-corrected chi connectivity index (χ3v) is 5.39. The Morgan fingerprint density at radius 3 is 2.84 bits per heavy atom. The molecule has 1 aliphatic heterocycles. The molecular weight excluding hydrogens is 466 g/mol. The molecule has 2 aromatic rings. The summed E-state index contributed by atoms with van der Waals surface area (Å²) in [4.78, 5) is 14.9. The molecule has 31 heavy (non-hydrogen) atoms. The smallest absolute Gasteiger partial charge is 0.273 e. The van der Waals surface area contributed by atoms with Gasteiger partial charge in [0.05, 0.1) is 37.1 Å². The summed E-state index contributed by atoms with van der Waals surface area (Å²) in [5, 5.41) is 4.08. The van der Waals surface area contributed by atoms with Gasteiger partial charge in [-0.05, 0) is 58.2 Å². The summed E-state index contributed by atoms with van der Waals surface area (Å²) in [6.45, 7) is 3.64. The molecule has 1 heterocycles. The monoisotopic (exact) mass is 491 g/mol. The molecule has 0 saturated heterocycles. The molecule has 1 amide bonds. The van der Waals surface area contributed by atoms with Gasteiger partial charge in [-0.15, -0.1) is 0 Å². The van der Waals surface area contributed by atoms with Crippen LogP contribution in [0.2, 0.25) is 0 Å². The van der Waals surface area contributed by atoms with Crippen molar-refractivity contribution in [1.82, 2.24) is 5.43 Å². The Kier molecular flexibility index (Phi) is 7.75. The number of hydrazone groups is 1. The Balaban J connectivity index is 1.75. The van der Waals surface area contributed by atoms with Crippen molar-refractivity contribution in [2.45, 2.75) is 13.0 Å². The SMILES string of the molecule is CCOC(C(=O)N/N=C/c1cc(Br)c(OC)c(OC)c1)c1ccc2c(c1)OCCN2C. The van der Waals surface area contributed by atoms with E-state index in [0.29, 0.717) is 34.7 Å². The van der Waals surface area contributed by atoms with Gasteiger partial charge in [-0.3, -0.25) is 4.79 Å². The first-order chi connectivity index (χ1) is 15.0. The first-order valence-corrected chi connectivity index (χ1v) is 10.6. The number of hydrogen-bond donors (Lipinski definition) is 1. The van der Waals surface area contributed by atoms with Crippen molar-refractivity contribution in [2.75, 3.05) is 45.9 Å². The van der Waals surface area contributed by atoms with E-state index in [1.807, 2.05) is 38.2 Å². The topological polar surface area (TPSA) is 81.6 Å². The van der Waals surface area contributed by atoms with Crippen LogP contribution < -0.4 is 24.5 Å². The minimum absolute atomic E-state index is 0.373. The fraction of sp³-hybridized carbons (Fsp3) is 0.364. The van der Waals surface area contributed by atoms with Crippen LogP contribution in [0.4, 0.5) is 5.69 Å². The van der Waals surface area contributed by atoms with Gasteiger partial charge in [-0.1, -0.05) is 6.07 Å². The number of carbonyl (C=O) groups excluding carboxylic acids is 1. The third kappa shape index (κ3) is 5.29. The molecule has 0 bridgehead atoms. The largest absolute Gasteiger partial charge is 0.493 e.